The van der Waals surface area contributed by atoms with Crippen molar-refractivity contribution in [1.82, 2.24) is 9.66 Å². The van der Waals surface area contributed by atoms with Gasteiger partial charge < -0.3 is 10.1 Å². The van der Waals surface area contributed by atoms with E-state index in [0.29, 0.717) is 22.4 Å². The lowest BCUT2D eigenvalue weighted by atomic mass is 9.88. The minimum absolute atomic E-state index is 0.0779. The molecule has 0 saturated heterocycles. The molecule has 0 bridgehead atoms. The van der Waals surface area contributed by atoms with Gasteiger partial charge in [0.05, 0.1) is 22.0 Å². The average molecular weight is 540 g/mol. The van der Waals surface area contributed by atoms with Gasteiger partial charge in [0.2, 0.25) is 5.75 Å². The molecule has 5 rings (SSSR count). The second kappa shape index (κ2) is 11.9. The predicted octanol–water partition coefficient (Wildman–Crippen LogP) is 5.56. The number of aryl methyl sites for hydroxylation is 1. The normalized spacial score (nSPS) is 13.9. The number of ether oxygens (including phenoxy) is 1. The number of carbonyl (C=O) groups excluding carboxylic acids is 1. The highest BCUT2D eigenvalue weighted by atomic mass is 16.6. The molecule has 0 radical (unpaired) electrons. The molecule has 1 aliphatic rings. The second-order valence-electron chi connectivity index (χ2n) is 9.79. The number of aromatic nitrogens is 2. The molecule has 1 saturated carbocycles. The summed E-state index contributed by atoms with van der Waals surface area (Å²) < 4.78 is 6.99. The van der Waals surface area contributed by atoms with Crippen molar-refractivity contribution in [3.63, 3.8) is 0 Å². The third-order valence-corrected chi connectivity index (χ3v) is 7.05. The Morgan fingerprint density at radius 3 is 2.62 bits per heavy atom. The third-order valence-electron chi connectivity index (χ3n) is 7.05. The summed E-state index contributed by atoms with van der Waals surface area (Å²) in [5.74, 6) is 0.0707. The molecule has 40 heavy (non-hydrogen) atoms. The topological polar surface area (TPSA) is 129 Å². The van der Waals surface area contributed by atoms with Crippen LogP contribution >= 0.6 is 0 Å². The van der Waals surface area contributed by atoms with Gasteiger partial charge in [-0.05, 0) is 49.6 Å². The molecular weight excluding hydrogens is 510 g/mol. The van der Waals surface area contributed by atoms with Crippen LogP contribution in [0.1, 0.15) is 55.0 Å². The Morgan fingerprint density at radius 2 is 1.85 bits per heavy atom. The summed E-state index contributed by atoms with van der Waals surface area (Å²) in [5.41, 5.74) is 1.74. The number of carbonyl (C=O) groups is 1. The van der Waals surface area contributed by atoms with Crippen molar-refractivity contribution in [3.8, 4) is 5.75 Å². The SMILES string of the molecule is Cc1ccccc1NC(=O)COc1c(C=Nn2c(C3CCCCC3)nc3ccccc3c2=O)cccc1[N+](=O)[O-]. The van der Waals surface area contributed by atoms with Gasteiger partial charge in [-0.1, -0.05) is 55.7 Å². The lowest BCUT2D eigenvalue weighted by Gasteiger charge is -2.22. The molecular formula is C30H29N5O5. The quantitative estimate of drug-likeness (QED) is 0.177. The maximum Gasteiger partial charge on any atom is 0.311 e. The van der Waals surface area contributed by atoms with Crippen LogP contribution in [0.15, 0.2) is 76.6 Å². The van der Waals surface area contributed by atoms with Gasteiger partial charge >= 0.3 is 5.69 Å². The van der Waals surface area contributed by atoms with Gasteiger partial charge in [0.1, 0.15) is 5.82 Å². The van der Waals surface area contributed by atoms with Gasteiger partial charge in [0.15, 0.2) is 6.61 Å². The van der Waals surface area contributed by atoms with E-state index in [2.05, 4.69) is 10.4 Å². The number of amides is 1. The number of para-hydroxylation sites is 3. The van der Waals surface area contributed by atoms with E-state index in [1.54, 1.807) is 30.3 Å². The Kier molecular flexibility index (Phi) is 7.95. The van der Waals surface area contributed by atoms with Crippen molar-refractivity contribution < 1.29 is 14.5 Å². The first kappa shape index (κ1) is 26.7. The number of nitrogens with zero attached hydrogens (tertiary/aromatic N) is 4. The molecule has 1 fully saturated rings. The third kappa shape index (κ3) is 5.75. The zero-order chi connectivity index (χ0) is 28.1. The number of benzene rings is 3. The Hall–Kier alpha value is -4.86. The maximum atomic E-state index is 13.5. The number of nitrogens with one attached hydrogen (secondary N) is 1. The van der Waals surface area contributed by atoms with Crippen LogP contribution in [0.3, 0.4) is 0 Å². The minimum atomic E-state index is -0.580. The summed E-state index contributed by atoms with van der Waals surface area (Å²) in [6.07, 6.45) is 6.40. The van der Waals surface area contributed by atoms with Crippen LogP contribution in [-0.2, 0) is 4.79 Å². The number of nitro groups is 1. The first-order chi connectivity index (χ1) is 19.4. The Balaban J connectivity index is 1.49. The van der Waals surface area contributed by atoms with E-state index in [9.17, 15) is 19.7 Å². The lowest BCUT2D eigenvalue weighted by molar-refractivity contribution is -0.385. The molecule has 3 aromatic carbocycles. The van der Waals surface area contributed by atoms with Crippen LogP contribution in [0.4, 0.5) is 11.4 Å². The molecule has 1 N–H and O–H groups in total. The molecule has 204 valence electrons. The largest absolute Gasteiger partial charge is 0.476 e. The summed E-state index contributed by atoms with van der Waals surface area (Å²) in [5, 5.41) is 19.5. The highest BCUT2D eigenvalue weighted by molar-refractivity contribution is 5.93. The summed E-state index contributed by atoms with van der Waals surface area (Å²) in [6.45, 7) is 1.41. The Bertz CT molecular complexity index is 1660. The number of anilines is 1. The van der Waals surface area contributed by atoms with Crippen molar-refractivity contribution >= 4 is 34.4 Å². The summed E-state index contributed by atoms with van der Waals surface area (Å²) >= 11 is 0. The van der Waals surface area contributed by atoms with Gasteiger partial charge in [0.25, 0.3) is 11.5 Å². The van der Waals surface area contributed by atoms with Crippen molar-refractivity contribution in [3.05, 3.63) is 104 Å². The van der Waals surface area contributed by atoms with Crippen LogP contribution in [0.2, 0.25) is 0 Å². The highest BCUT2D eigenvalue weighted by Crippen LogP contribution is 2.33. The second-order valence-corrected chi connectivity index (χ2v) is 9.79. The van der Waals surface area contributed by atoms with E-state index in [0.717, 1.165) is 37.7 Å². The van der Waals surface area contributed by atoms with E-state index in [4.69, 9.17) is 9.72 Å². The number of hydrogen-bond acceptors (Lipinski definition) is 7. The molecule has 1 aromatic heterocycles. The van der Waals surface area contributed by atoms with Crippen LogP contribution in [-0.4, -0.2) is 33.3 Å². The number of fused-ring (bicyclic) bond motifs is 1. The Labute approximate surface area is 230 Å². The molecule has 0 atom stereocenters. The van der Waals surface area contributed by atoms with Gasteiger partial charge in [-0.25, -0.2) is 4.98 Å². The average Bonchev–Trinajstić information content (AvgIpc) is 2.97. The van der Waals surface area contributed by atoms with E-state index < -0.39 is 17.4 Å². The van der Waals surface area contributed by atoms with Crippen molar-refractivity contribution in [2.75, 3.05) is 11.9 Å². The minimum Gasteiger partial charge on any atom is -0.476 e. The van der Waals surface area contributed by atoms with Crippen LogP contribution < -0.4 is 15.6 Å². The number of rotatable bonds is 8. The zero-order valence-electron chi connectivity index (χ0n) is 22.1. The van der Waals surface area contributed by atoms with Gasteiger partial charge in [0, 0.05) is 23.2 Å². The van der Waals surface area contributed by atoms with Gasteiger partial charge in [-0.3, -0.25) is 19.7 Å². The molecule has 10 nitrogen and oxygen atoms in total. The molecule has 4 aromatic rings. The number of hydrogen-bond donors (Lipinski definition) is 1. The lowest BCUT2D eigenvalue weighted by Crippen LogP contribution is -2.25. The smallest absolute Gasteiger partial charge is 0.311 e. The Morgan fingerprint density at radius 1 is 1.10 bits per heavy atom. The molecule has 1 heterocycles. The van der Waals surface area contributed by atoms with E-state index in [-0.39, 0.29) is 28.5 Å². The van der Waals surface area contributed by atoms with E-state index in [1.165, 1.54) is 23.0 Å². The summed E-state index contributed by atoms with van der Waals surface area (Å²) in [7, 11) is 0. The summed E-state index contributed by atoms with van der Waals surface area (Å²) in [4.78, 5) is 42.1. The van der Waals surface area contributed by atoms with Crippen molar-refractivity contribution in [1.29, 1.82) is 0 Å². The van der Waals surface area contributed by atoms with E-state index >= 15 is 0 Å². The molecule has 0 unspecified atom stereocenters. The predicted molar refractivity (Wildman–Crippen MR) is 153 cm³/mol. The molecule has 1 amide bonds. The molecule has 1 aliphatic carbocycles. The molecule has 0 aliphatic heterocycles. The van der Waals surface area contributed by atoms with Crippen molar-refractivity contribution in [2.24, 2.45) is 5.10 Å². The highest BCUT2D eigenvalue weighted by Gasteiger charge is 2.23. The van der Waals surface area contributed by atoms with Crippen LogP contribution in [0.25, 0.3) is 10.9 Å². The van der Waals surface area contributed by atoms with Gasteiger partial charge in [-0.2, -0.15) is 9.78 Å². The maximum absolute atomic E-state index is 13.5. The standard InChI is InChI=1S/C30H29N5O5/c1-20-10-5-7-15-24(20)32-27(36)19-40-28-22(13-9-17-26(28)35(38)39)18-31-34-29(21-11-3-2-4-12-21)33-25-16-8-6-14-23(25)30(34)37/h5-10,13-18,21H,2-4,11-12,19H2,1H3,(H,32,36). The first-order valence-corrected chi connectivity index (χ1v) is 13.2. The molecule has 0 spiro atoms. The van der Waals surface area contributed by atoms with Crippen molar-refractivity contribution in [2.45, 2.75) is 44.9 Å². The van der Waals surface area contributed by atoms with Gasteiger partial charge in [-0.15, -0.1) is 0 Å². The van der Waals surface area contributed by atoms with E-state index in [1.807, 2.05) is 31.2 Å². The molecule has 10 heteroatoms. The summed E-state index contributed by atoms with van der Waals surface area (Å²) in [6, 6.07) is 18.8. The monoisotopic (exact) mass is 539 g/mol. The fourth-order valence-corrected chi connectivity index (χ4v) is 4.98. The van der Waals surface area contributed by atoms with Crippen LogP contribution in [0.5, 0.6) is 5.75 Å². The fraction of sp³-hybridized carbons (Fsp3) is 0.267. The first-order valence-electron chi connectivity index (χ1n) is 13.2. The fourth-order valence-electron chi connectivity index (χ4n) is 4.98. The number of nitro benzene ring substituents is 1. The van der Waals surface area contributed by atoms with Crippen LogP contribution in [0, 0.1) is 17.0 Å². The zero-order valence-corrected chi connectivity index (χ0v) is 22.1.